The van der Waals surface area contributed by atoms with Gasteiger partial charge in [0.15, 0.2) is 0 Å². The third-order valence-corrected chi connectivity index (χ3v) is 4.49. The molecule has 3 rings (SSSR count). The molecule has 0 bridgehead atoms. The smallest absolute Gasteiger partial charge is 0.254 e. The summed E-state index contributed by atoms with van der Waals surface area (Å²) in [5.74, 6) is 0.145. The van der Waals surface area contributed by atoms with Gasteiger partial charge in [0.1, 0.15) is 0 Å². The van der Waals surface area contributed by atoms with Gasteiger partial charge in [-0.05, 0) is 31.7 Å². The minimum absolute atomic E-state index is 0.105. The molecule has 2 heterocycles. The Kier molecular flexibility index (Phi) is 3.98. The number of amides is 1. The minimum atomic E-state index is -0.336. The number of likely N-dealkylation sites (tertiary alicyclic amines) is 1. The van der Waals surface area contributed by atoms with Gasteiger partial charge in [-0.25, -0.2) is 0 Å². The van der Waals surface area contributed by atoms with Gasteiger partial charge in [-0.15, -0.1) is 0 Å². The highest BCUT2D eigenvalue weighted by Gasteiger charge is 2.27. The molecule has 1 unspecified atom stereocenters. The number of hydrogen-bond donors (Lipinski definition) is 2. The number of H-pyrrole nitrogens is 1. The number of carbonyl (C=O) groups is 1. The Bertz CT molecular complexity index is 743. The number of nitrogens with one attached hydrogen (secondary N) is 1. The Balaban J connectivity index is 1.89. The summed E-state index contributed by atoms with van der Waals surface area (Å²) in [5.41, 5.74) is 0.868. The zero-order valence-electron chi connectivity index (χ0n) is 12.6. The van der Waals surface area contributed by atoms with Crippen LogP contribution in [0.4, 0.5) is 0 Å². The summed E-state index contributed by atoms with van der Waals surface area (Å²) in [4.78, 5) is 29.1. The average Bonchev–Trinajstić information content (AvgIpc) is 2.53. The number of carbonyl (C=O) groups excluding carboxylic acids is 1. The zero-order chi connectivity index (χ0) is 15.7. The molecule has 2 aromatic rings. The molecule has 5 heteroatoms. The predicted molar refractivity (Wildman–Crippen MR) is 84.9 cm³/mol. The fourth-order valence-electron chi connectivity index (χ4n) is 3.14. The molecule has 0 saturated carbocycles. The third kappa shape index (κ3) is 2.76. The molecule has 0 spiro atoms. The van der Waals surface area contributed by atoms with Crippen LogP contribution in [0.1, 0.15) is 30.1 Å². The van der Waals surface area contributed by atoms with Crippen molar-refractivity contribution in [2.24, 2.45) is 5.92 Å². The SMILES string of the molecule is CC(O)C1CCN(C(=O)c2cc(=O)[nH]c3ccccc23)CC1. The molecule has 1 amide bonds. The first-order chi connectivity index (χ1) is 10.6. The molecule has 1 aromatic carbocycles. The second kappa shape index (κ2) is 5.93. The van der Waals surface area contributed by atoms with E-state index in [0.29, 0.717) is 24.2 Å². The van der Waals surface area contributed by atoms with E-state index in [-0.39, 0.29) is 23.5 Å². The van der Waals surface area contributed by atoms with E-state index in [0.717, 1.165) is 18.2 Å². The molecule has 1 fully saturated rings. The molecule has 1 aromatic heterocycles. The first-order valence-corrected chi connectivity index (χ1v) is 7.65. The number of pyridine rings is 1. The number of hydrogen-bond acceptors (Lipinski definition) is 3. The Hall–Kier alpha value is -2.14. The van der Waals surface area contributed by atoms with Crippen LogP contribution in [-0.4, -0.2) is 40.1 Å². The fourth-order valence-corrected chi connectivity index (χ4v) is 3.14. The molecule has 1 aliphatic rings. The normalized spacial score (nSPS) is 17.6. The molecular weight excluding hydrogens is 280 g/mol. The van der Waals surface area contributed by atoms with Crippen LogP contribution >= 0.6 is 0 Å². The maximum absolute atomic E-state index is 12.8. The van der Waals surface area contributed by atoms with Crippen molar-refractivity contribution in [3.8, 4) is 0 Å². The van der Waals surface area contributed by atoms with E-state index < -0.39 is 0 Å². The van der Waals surface area contributed by atoms with Crippen LogP contribution in [-0.2, 0) is 0 Å². The monoisotopic (exact) mass is 300 g/mol. The van der Waals surface area contributed by atoms with Crippen LogP contribution in [0.3, 0.4) is 0 Å². The van der Waals surface area contributed by atoms with Crippen molar-refractivity contribution in [2.45, 2.75) is 25.9 Å². The van der Waals surface area contributed by atoms with Gasteiger partial charge in [0.25, 0.3) is 5.91 Å². The zero-order valence-corrected chi connectivity index (χ0v) is 12.6. The van der Waals surface area contributed by atoms with Gasteiger partial charge in [-0.3, -0.25) is 9.59 Å². The van der Waals surface area contributed by atoms with E-state index in [2.05, 4.69) is 4.98 Å². The van der Waals surface area contributed by atoms with Gasteiger partial charge in [-0.2, -0.15) is 0 Å². The molecular formula is C17H20N2O3. The van der Waals surface area contributed by atoms with Gasteiger partial charge in [0.2, 0.25) is 5.56 Å². The number of aromatic nitrogens is 1. The lowest BCUT2D eigenvalue weighted by Gasteiger charge is -2.33. The summed E-state index contributed by atoms with van der Waals surface area (Å²) in [6.07, 6.45) is 1.26. The Morgan fingerprint density at radius 3 is 2.68 bits per heavy atom. The molecule has 2 N–H and O–H groups in total. The number of aliphatic hydroxyl groups excluding tert-OH is 1. The van der Waals surface area contributed by atoms with Gasteiger partial charge in [0.05, 0.1) is 11.7 Å². The lowest BCUT2D eigenvalue weighted by Crippen LogP contribution is -2.41. The summed E-state index contributed by atoms with van der Waals surface area (Å²) in [7, 11) is 0. The topological polar surface area (TPSA) is 73.4 Å². The van der Waals surface area contributed by atoms with E-state index in [1.54, 1.807) is 17.9 Å². The summed E-state index contributed by atoms with van der Waals surface area (Å²) in [6.45, 7) is 3.04. The van der Waals surface area contributed by atoms with Gasteiger partial charge in [0, 0.05) is 30.1 Å². The van der Waals surface area contributed by atoms with Crippen LogP contribution in [0, 0.1) is 5.92 Å². The van der Waals surface area contributed by atoms with Crippen molar-refractivity contribution in [3.05, 3.63) is 46.2 Å². The summed E-state index contributed by atoms with van der Waals surface area (Å²) >= 11 is 0. The third-order valence-electron chi connectivity index (χ3n) is 4.49. The number of fused-ring (bicyclic) bond motifs is 1. The minimum Gasteiger partial charge on any atom is -0.393 e. The van der Waals surface area contributed by atoms with E-state index in [1.165, 1.54) is 6.07 Å². The van der Waals surface area contributed by atoms with Crippen molar-refractivity contribution in [2.75, 3.05) is 13.1 Å². The first-order valence-electron chi connectivity index (χ1n) is 7.65. The van der Waals surface area contributed by atoms with Gasteiger partial charge >= 0.3 is 0 Å². The number of rotatable bonds is 2. The van der Waals surface area contributed by atoms with Crippen molar-refractivity contribution in [1.29, 1.82) is 0 Å². The standard InChI is InChI=1S/C17H20N2O3/c1-11(20)12-6-8-19(9-7-12)17(22)14-10-16(21)18-15-5-3-2-4-13(14)15/h2-5,10-12,20H,6-9H2,1H3,(H,18,21). The number of piperidine rings is 1. The highest BCUT2D eigenvalue weighted by atomic mass is 16.3. The van der Waals surface area contributed by atoms with E-state index in [9.17, 15) is 14.7 Å². The lowest BCUT2D eigenvalue weighted by atomic mass is 9.92. The molecule has 5 nitrogen and oxygen atoms in total. The predicted octanol–water partition coefficient (Wildman–Crippen LogP) is 1.76. The highest BCUT2D eigenvalue weighted by molar-refractivity contribution is 6.05. The first kappa shape index (κ1) is 14.8. The Labute approximate surface area is 128 Å². The number of benzene rings is 1. The number of para-hydroxylation sites is 1. The van der Waals surface area contributed by atoms with E-state index in [1.807, 2.05) is 18.2 Å². The molecule has 116 valence electrons. The largest absolute Gasteiger partial charge is 0.393 e. The van der Waals surface area contributed by atoms with Crippen molar-refractivity contribution >= 4 is 16.8 Å². The highest BCUT2D eigenvalue weighted by Crippen LogP contribution is 2.23. The van der Waals surface area contributed by atoms with Crippen LogP contribution in [0.5, 0.6) is 0 Å². The second-order valence-corrected chi connectivity index (χ2v) is 5.96. The average molecular weight is 300 g/mol. The molecule has 0 radical (unpaired) electrons. The summed E-state index contributed by atoms with van der Waals surface area (Å²) in [6, 6.07) is 8.72. The van der Waals surface area contributed by atoms with Crippen LogP contribution < -0.4 is 5.56 Å². The summed E-state index contributed by atoms with van der Waals surface area (Å²) < 4.78 is 0. The molecule has 1 atom stereocenters. The van der Waals surface area contributed by atoms with Crippen LogP contribution in [0.25, 0.3) is 10.9 Å². The van der Waals surface area contributed by atoms with Crippen molar-refractivity contribution in [1.82, 2.24) is 9.88 Å². The Morgan fingerprint density at radius 2 is 2.00 bits per heavy atom. The second-order valence-electron chi connectivity index (χ2n) is 5.96. The van der Waals surface area contributed by atoms with Crippen LogP contribution in [0.15, 0.2) is 35.1 Å². The maximum atomic E-state index is 12.8. The Morgan fingerprint density at radius 1 is 1.32 bits per heavy atom. The molecule has 1 aliphatic heterocycles. The number of aliphatic hydroxyl groups is 1. The van der Waals surface area contributed by atoms with Crippen molar-refractivity contribution < 1.29 is 9.90 Å². The lowest BCUT2D eigenvalue weighted by molar-refractivity contribution is 0.0523. The quantitative estimate of drug-likeness (QED) is 0.887. The van der Waals surface area contributed by atoms with Crippen molar-refractivity contribution in [3.63, 3.8) is 0 Å². The van der Waals surface area contributed by atoms with E-state index >= 15 is 0 Å². The number of aromatic amines is 1. The number of nitrogens with zero attached hydrogens (tertiary/aromatic N) is 1. The summed E-state index contributed by atoms with van der Waals surface area (Å²) in [5, 5.41) is 10.4. The van der Waals surface area contributed by atoms with E-state index in [4.69, 9.17) is 0 Å². The van der Waals surface area contributed by atoms with Gasteiger partial charge < -0.3 is 15.0 Å². The van der Waals surface area contributed by atoms with Gasteiger partial charge in [-0.1, -0.05) is 18.2 Å². The molecule has 1 saturated heterocycles. The molecule has 22 heavy (non-hydrogen) atoms. The molecule has 0 aliphatic carbocycles. The maximum Gasteiger partial charge on any atom is 0.254 e. The fraction of sp³-hybridized carbons (Fsp3) is 0.412. The van der Waals surface area contributed by atoms with Crippen LogP contribution in [0.2, 0.25) is 0 Å².